The number of rotatable bonds is 6. The van der Waals surface area contributed by atoms with Crippen LogP contribution in [0.4, 0.5) is 0 Å². The second-order valence-corrected chi connectivity index (χ2v) is 8.49. The van der Waals surface area contributed by atoms with Gasteiger partial charge in [-0.05, 0) is 42.3 Å². The minimum Gasteiger partial charge on any atom is -0.463 e. The second kappa shape index (κ2) is 8.47. The van der Waals surface area contributed by atoms with Crippen LogP contribution in [0, 0.1) is 0 Å². The first-order chi connectivity index (χ1) is 16.1. The van der Waals surface area contributed by atoms with Crippen molar-refractivity contribution in [1.82, 2.24) is 14.8 Å². The highest BCUT2D eigenvalue weighted by atomic mass is 16.3. The summed E-state index contributed by atoms with van der Waals surface area (Å²) in [6.45, 7) is 2.90. The highest BCUT2D eigenvalue weighted by Gasteiger charge is 2.47. The molecule has 33 heavy (non-hydrogen) atoms. The molecule has 3 heterocycles. The zero-order valence-corrected chi connectivity index (χ0v) is 18.4. The van der Waals surface area contributed by atoms with Crippen molar-refractivity contribution in [2.24, 2.45) is 0 Å². The fraction of sp³-hybridized carbons (Fsp3) is 0.185. The molecule has 2 amide bonds. The molecule has 0 radical (unpaired) electrons. The number of hydrogen-bond acceptors (Lipinski definition) is 3. The third kappa shape index (κ3) is 3.84. The number of carbonyl (C=O) groups is 2. The SMILES string of the molecule is CC1(C(=O)NCc2ccccc2)Cn2c(ccc2-c2ccco2)C(=O)N1Cc1ccccc1. The summed E-state index contributed by atoms with van der Waals surface area (Å²) in [5.74, 6) is 0.290. The Labute approximate surface area is 192 Å². The van der Waals surface area contributed by atoms with Crippen LogP contribution < -0.4 is 5.32 Å². The largest absolute Gasteiger partial charge is 0.463 e. The van der Waals surface area contributed by atoms with Crippen LogP contribution in [-0.4, -0.2) is 26.8 Å². The number of furan rings is 1. The van der Waals surface area contributed by atoms with Crippen LogP contribution in [0.15, 0.2) is 95.6 Å². The van der Waals surface area contributed by atoms with Gasteiger partial charge in [-0.25, -0.2) is 0 Å². The molecule has 1 aliphatic rings. The van der Waals surface area contributed by atoms with Crippen molar-refractivity contribution in [2.75, 3.05) is 0 Å². The lowest BCUT2D eigenvalue weighted by atomic mass is 9.93. The van der Waals surface area contributed by atoms with E-state index in [4.69, 9.17) is 4.42 Å². The first kappa shape index (κ1) is 20.8. The summed E-state index contributed by atoms with van der Waals surface area (Å²) in [6.07, 6.45) is 1.60. The molecule has 0 aliphatic carbocycles. The predicted octanol–water partition coefficient (Wildman–Crippen LogP) is 4.48. The van der Waals surface area contributed by atoms with Crippen molar-refractivity contribution >= 4 is 11.8 Å². The summed E-state index contributed by atoms with van der Waals surface area (Å²) < 4.78 is 7.48. The first-order valence-electron chi connectivity index (χ1n) is 11.0. The number of aromatic nitrogens is 1. The molecule has 166 valence electrons. The molecule has 0 fully saturated rings. The maximum absolute atomic E-state index is 13.7. The first-order valence-corrected chi connectivity index (χ1v) is 11.0. The number of carbonyl (C=O) groups excluding carboxylic acids is 2. The average Bonchev–Trinajstić information content (AvgIpc) is 3.51. The van der Waals surface area contributed by atoms with Gasteiger partial charge in [-0.15, -0.1) is 0 Å². The van der Waals surface area contributed by atoms with Gasteiger partial charge in [0.1, 0.15) is 17.0 Å². The van der Waals surface area contributed by atoms with E-state index >= 15 is 0 Å². The maximum atomic E-state index is 13.7. The van der Waals surface area contributed by atoms with Crippen LogP contribution >= 0.6 is 0 Å². The van der Waals surface area contributed by atoms with Crippen molar-refractivity contribution in [3.63, 3.8) is 0 Å². The lowest BCUT2D eigenvalue weighted by molar-refractivity contribution is -0.133. The zero-order chi connectivity index (χ0) is 22.8. The number of fused-ring (bicyclic) bond motifs is 1. The van der Waals surface area contributed by atoms with E-state index in [0.29, 0.717) is 31.1 Å². The van der Waals surface area contributed by atoms with Crippen LogP contribution in [-0.2, 0) is 24.4 Å². The molecule has 2 aromatic carbocycles. The number of benzene rings is 2. The Morgan fingerprint density at radius 2 is 1.58 bits per heavy atom. The van der Waals surface area contributed by atoms with E-state index < -0.39 is 5.54 Å². The van der Waals surface area contributed by atoms with Gasteiger partial charge in [0, 0.05) is 13.1 Å². The monoisotopic (exact) mass is 439 g/mol. The lowest BCUT2D eigenvalue weighted by Gasteiger charge is -2.44. The molecule has 0 saturated heterocycles. The number of nitrogens with zero attached hydrogens (tertiary/aromatic N) is 2. The lowest BCUT2D eigenvalue weighted by Crippen LogP contribution is -2.63. The molecular weight excluding hydrogens is 414 g/mol. The highest BCUT2D eigenvalue weighted by molar-refractivity contribution is 6.00. The van der Waals surface area contributed by atoms with Gasteiger partial charge in [0.2, 0.25) is 5.91 Å². The molecule has 4 aromatic rings. The topological polar surface area (TPSA) is 67.5 Å². The Bertz CT molecular complexity index is 1260. The van der Waals surface area contributed by atoms with Crippen LogP contribution in [0.5, 0.6) is 0 Å². The quantitative estimate of drug-likeness (QED) is 0.482. The summed E-state index contributed by atoms with van der Waals surface area (Å²) in [5.41, 5.74) is 2.22. The third-order valence-corrected chi connectivity index (χ3v) is 6.25. The molecule has 5 rings (SSSR count). The van der Waals surface area contributed by atoms with Crippen LogP contribution in [0.2, 0.25) is 0 Å². The Kier molecular flexibility index (Phi) is 5.34. The Morgan fingerprint density at radius 1 is 0.909 bits per heavy atom. The smallest absolute Gasteiger partial charge is 0.271 e. The number of hydrogen-bond donors (Lipinski definition) is 1. The minimum atomic E-state index is -1.09. The summed E-state index contributed by atoms with van der Waals surface area (Å²) in [7, 11) is 0. The maximum Gasteiger partial charge on any atom is 0.271 e. The van der Waals surface area contributed by atoms with Crippen molar-refractivity contribution in [3.8, 4) is 11.5 Å². The fourth-order valence-corrected chi connectivity index (χ4v) is 4.40. The third-order valence-electron chi connectivity index (χ3n) is 6.25. The van der Waals surface area contributed by atoms with Gasteiger partial charge in [0.15, 0.2) is 0 Å². The Hall–Kier alpha value is -4.06. The summed E-state index contributed by atoms with van der Waals surface area (Å²) >= 11 is 0. The fourth-order valence-electron chi connectivity index (χ4n) is 4.40. The van der Waals surface area contributed by atoms with E-state index in [0.717, 1.165) is 16.8 Å². The summed E-state index contributed by atoms with van der Waals surface area (Å²) in [5, 5.41) is 3.05. The van der Waals surface area contributed by atoms with Crippen molar-refractivity contribution in [1.29, 1.82) is 0 Å². The van der Waals surface area contributed by atoms with Gasteiger partial charge in [0.05, 0.1) is 18.5 Å². The van der Waals surface area contributed by atoms with Gasteiger partial charge in [-0.1, -0.05) is 60.7 Å². The number of amides is 2. The van der Waals surface area contributed by atoms with Gasteiger partial charge in [-0.2, -0.15) is 0 Å². The molecule has 0 spiro atoms. The van der Waals surface area contributed by atoms with E-state index in [9.17, 15) is 9.59 Å². The zero-order valence-electron chi connectivity index (χ0n) is 18.4. The van der Waals surface area contributed by atoms with Gasteiger partial charge in [0.25, 0.3) is 5.91 Å². The Balaban J connectivity index is 1.51. The van der Waals surface area contributed by atoms with E-state index in [1.807, 2.05) is 90.4 Å². The number of nitrogens with one attached hydrogen (secondary N) is 1. The van der Waals surface area contributed by atoms with Gasteiger partial charge in [-0.3, -0.25) is 9.59 Å². The molecule has 1 aliphatic heterocycles. The molecule has 1 unspecified atom stereocenters. The van der Waals surface area contributed by atoms with Crippen LogP contribution in [0.3, 0.4) is 0 Å². The summed E-state index contributed by atoms with van der Waals surface area (Å²) in [4.78, 5) is 29.0. The molecule has 2 aromatic heterocycles. The molecular formula is C27H25N3O3. The van der Waals surface area contributed by atoms with Gasteiger partial charge >= 0.3 is 0 Å². The molecule has 1 atom stereocenters. The van der Waals surface area contributed by atoms with E-state index in [2.05, 4.69) is 5.32 Å². The van der Waals surface area contributed by atoms with Crippen molar-refractivity contribution in [3.05, 3.63) is 108 Å². The molecule has 6 heteroatoms. The normalized spacial score (nSPS) is 17.6. The predicted molar refractivity (Wildman–Crippen MR) is 125 cm³/mol. The standard InChI is InChI=1S/C27H25N3O3/c1-27(26(32)28-17-20-9-4-2-5-10-20)19-29-22(24-13-8-16-33-24)14-15-23(29)25(31)30(27)18-21-11-6-3-7-12-21/h2-16H,17-19H2,1H3,(H,28,32). The Morgan fingerprint density at radius 3 is 2.24 bits per heavy atom. The molecule has 6 nitrogen and oxygen atoms in total. The second-order valence-electron chi connectivity index (χ2n) is 8.49. The van der Waals surface area contributed by atoms with E-state index in [1.54, 1.807) is 17.2 Å². The molecule has 1 N–H and O–H groups in total. The van der Waals surface area contributed by atoms with E-state index in [-0.39, 0.29) is 11.8 Å². The van der Waals surface area contributed by atoms with Crippen LogP contribution in [0.1, 0.15) is 28.5 Å². The van der Waals surface area contributed by atoms with E-state index in [1.165, 1.54) is 0 Å². The van der Waals surface area contributed by atoms with Crippen molar-refractivity contribution < 1.29 is 14.0 Å². The average molecular weight is 440 g/mol. The highest BCUT2D eigenvalue weighted by Crippen LogP contribution is 2.34. The molecule has 0 bridgehead atoms. The summed E-state index contributed by atoms with van der Waals surface area (Å²) in [6, 6.07) is 26.9. The van der Waals surface area contributed by atoms with Crippen LogP contribution in [0.25, 0.3) is 11.5 Å². The van der Waals surface area contributed by atoms with Gasteiger partial charge < -0.3 is 19.2 Å². The minimum absolute atomic E-state index is 0.180. The molecule has 0 saturated carbocycles. The van der Waals surface area contributed by atoms with Crippen molar-refractivity contribution in [2.45, 2.75) is 32.1 Å².